The molecule has 106 valence electrons. The van der Waals surface area contributed by atoms with E-state index in [-0.39, 0.29) is 11.6 Å². The van der Waals surface area contributed by atoms with Crippen molar-refractivity contribution < 1.29 is 4.79 Å². The van der Waals surface area contributed by atoms with Gasteiger partial charge in [-0.3, -0.25) is 0 Å². The van der Waals surface area contributed by atoms with E-state index in [2.05, 4.69) is 13.8 Å². The number of nitrogens with two attached hydrogens (primary N) is 1. The Morgan fingerprint density at radius 2 is 2.06 bits per heavy atom. The smallest absolute Gasteiger partial charge is 0.320 e. The summed E-state index contributed by atoms with van der Waals surface area (Å²) >= 11 is 0. The Kier molecular flexibility index (Phi) is 5.45. The van der Waals surface area contributed by atoms with Crippen LogP contribution in [0, 0.1) is 5.92 Å². The highest BCUT2D eigenvalue weighted by Crippen LogP contribution is 2.36. The summed E-state index contributed by atoms with van der Waals surface area (Å²) in [6.45, 7) is 8.39. The average Bonchev–Trinajstić information content (AvgIpc) is 2.38. The Bertz CT molecular complexity index is 282. The van der Waals surface area contributed by atoms with Gasteiger partial charge in [0.05, 0.1) is 5.54 Å². The van der Waals surface area contributed by atoms with E-state index < -0.39 is 0 Å². The summed E-state index contributed by atoms with van der Waals surface area (Å²) in [5.41, 5.74) is 5.93. The lowest BCUT2D eigenvalue weighted by molar-refractivity contribution is 0.0555. The second-order valence-corrected chi connectivity index (χ2v) is 5.67. The van der Waals surface area contributed by atoms with E-state index in [9.17, 15) is 4.79 Å². The number of carbonyl (C=O) groups is 1. The van der Waals surface area contributed by atoms with E-state index in [1.807, 2.05) is 18.9 Å². The Labute approximate surface area is 111 Å². The van der Waals surface area contributed by atoms with Crippen LogP contribution in [0.4, 0.5) is 4.79 Å². The summed E-state index contributed by atoms with van der Waals surface area (Å²) < 4.78 is 0. The second-order valence-electron chi connectivity index (χ2n) is 5.67. The number of rotatable bonds is 4. The molecule has 0 aromatic rings. The van der Waals surface area contributed by atoms with Crippen molar-refractivity contribution in [1.29, 1.82) is 0 Å². The summed E-state index contributed by atoms with van der Waals surface area (Å²) in [6.07, 6.45) is 4.53. The van der Waals surface area contributed by atoms with Gasteiger partial charge in [0, 0.05) is 26.7 Å². The van der Waals surface area contributed by atoms with Crippen LogP contribution in [0.25, 0.3) is 0 Å². The standard InChI is InChI=1S/C14H29N3O/c1-5-16(4)13(18)17(6-2)14(11-15)9-7-8-12(3)10-14/h12H,5-11,15H2,1-4H3. The first-order chi connectivity index (χ1) is 8.50. The van der Waals surface area contributed by atoms with Crippen LogP contribution in [0.1, 0.15) is 46.5 Å². The number of hydrogen-bond acceptors (Lipinski definition) is 2. The molecule has 18 heavy (non-hydrogen) atoms. The molecule has 1 aliphatic carbocycles. The minimum Gasteiger partial charge on any atom is -0.328 e. The molecule has 0 heterocycles. The van der Waals surface area contributed by atoms with Gasteiger partial charge >= 0.3 is 6.03 Å². The summed E-state index contributed by atoms with van der Waals surface area (Å²) in [7, 11) is 1.86. The number of carbonyl (C=O) groups excluding carboxylic acids is 1. The maximum Gasteiger partial charge on any atom is 0.320 e. The van der Waals surface area contributed by atoms with Crippen molar-refractivity contribution in [2.24, 2.45) is 11.7 Å². The lowest BCUT2D eigenvalue weighted by Gasteiger charge is -2.48. The van der Waals surface area contributed by atoms with Gasteiger partial charge in [0.1, 0.15) is 0 Å². The predicted molar refractivity (Wildman–Crippen MR) is 75.5 cm³/mol. The molecule has 4 heteroatoms. The maximum atomic E-state index is 12.5. The third kappa shape index (κ3) is 2.97. The summed E-state index contributed by atoms with van der Waals surface area (Å²) in [5, 5.41) is 0. The number of urea groups is 1. The maximum absolute atomic E-state index is 12.5. The van der Waals surface area contributed by atoms with Crippen LogP contribution in [0.3, 0.4) is 0 Å². The highest BCUT2D eigenvalue weighted by molar-refractivity contribution is 5.75. The molecule has 1 rings (SSSR count). The van der Waals surface area contributed by atoms with Crippen molar-refractivity contribution in [3.63, 3.8) is 0 Å². The number of likely N-dealkylation sites (N-methyl/N-ethyl adjacent to an activating group) is 1. The van der Waals surface area contributed by atoms with Crippen LogP contribution < -0.4 is 5.73 Å². The molecule has 2 atom stereocenters. The summed E-state index contributed by atoms with van der Waals surface area (Å²) in [4.78, 5) is 16.3. The van der Waals surface area contributed by atoms with Crippen molar-refractivity contribution in [2.45, 2.75) is 52.0 Å². The summed E-state index contributed by atoms with van der Waals surface area (Å²) in [6, 6.07) is 0.125. The van der Waals surface area contributed by atoms with Gasteiger partial charge in [0.2, 0.25) is 0 Å². The Morgan fingerprint density at radius 1 is 1.39 bits per heavy atom. The fourth-order valence-corrected chi connectivity index (χ4v) is 3.19. The van der Waals surface area contributed by atoms with Gasteiger partial charge in [-0.05, 0) is 32.6 Å². The molecule has 2 unspecified atom stereocenters. The first-order valence-corrected chi connectivity index (χ1v) is 7.23. The molecule has 2 N–H and O–H groups in total. The number of nitrogens with zero attached hydrogens (tertiary/aromatic N) is 2. The molecule has 1 aliphatic rings. The van der Waals surface area contributed by atoms with E-state index in [0.29, 0.717) is 12.5 Å². The molecule has 0 aromatic heterocycles. The SMILES string of the molecule is CCN(C)C(=O)N(CC)C1(CN)CCCC(C)C1. The quantitative estimate of drug-likeness (QED) is 0.838. The zero-order valence-corrected chi connectivity index (χ0v) is 12.4. The molecule has 0 radical (unpaired) electrons. The first kappa shape index (κ1) is 15.3. The van der Waals surface area contributed by atoms with E-state index >= 15 is 0 Å². The molecular weight excluding hydrogens is 226 g/mol. The second kappa shape index (κ2) is 6.41. The topological polar surface area (TPSA) is 49.6 Å². The van der Waals surface area contributed by atoms with Crippen LogP contribution in [0.2, 0.25) is 0 Å². The van der Waals surface area contributed by atoms with Crippen LogP contribution in [-0.2, 0) is 0 Å². The van der Waals surface area contributed by atoms with Crippen LogP contribution in [0.15, 0.2) is 0 Å². The fourth-order valence-electron chi connectivity index (χ4n) is 3.19. The van der Waals surface area contributed by atoms with Gasteiger partial charge in [-0.2, -0.15) is 0 Å². The minimum atomic E-state index is -0.118. The lowest BCUT2D eigenvalue weighted by Crippen LogP contribution is -2.60. The van der Waals surface area contributed by atoms with Gasteiger partial charge in [0.15, 0.2) is 0 Å². The Hall–Kier alpha value is -0.770. The molecular formula is C14H29N3O. The highest BCUT2D eigenvalue weighted by atomic mass is 16.2. The highest BCUT2D eigenvalue weighted by Gasteiger charge is 2.41. The molecule has 1 saturated carbocycles. The first-order valence-electron chi connectivity index (χ1n) is 7.23. The zero-order valence-electron chi connectivity index (χ0n) is 12.4. The number of hydrogen-bond donors (Lipinski definition) is 1. The normalized spacial score (nSPS) is 27.9. The third-order valence-corrected chi connectivity index (χ3v) is 4.37. The molecule has 4 nitrogen and oxygen atoms in total. The third-order valence-electron chi connectivity index (χ3n) is 4.37. The van der Waals surface area contributed by atoms with Gasteiger partial charge in [0.25, 0.3) is 0 Å². The van der Waals surface area contributed by atoms with Crippen LogP contribution >= 0.6 is 0 Å². The van der Waals surface area contributed by atoms with E-state index in [1.165, 1.54) is 12.8 Å². The zero-order chi connectivity index (χ0) is 13.8. The predicted octanol–water partition coefficient (Wildman–Crippen LogP) is 2.29. The minimum absolute atomic E-state index is 0.118. The molecule has 0 bridgehead atoms. The van der Waals surface area contributed by atoms with Crippen molar-refractivity contribution in [3.8, 4) is 0 Å². The van der Waals surface area contributed by atoms with Crippen molar-refractivity contribution in [3.05, 3.63) is 0 Å². The van der Waals surface area contributed by atoms with Gasteiger partial charge in [-0.15, -0.1) is 0 Å². The molecule has 0 aliphatic heterocycles. The van der Waals surface area contributed by atoms with Crippen molar-refractivity contribution in [1.82, 2.24) is 9.80 Å². The van der Waals surface area contributed by atoms with Crippen molar-refractivity contribution in [2.75, 3.05) is 26.7 Å². The Balaban J connectivity index is 2.92. The van der Waals surface area contributed by atoms with Crippen molar-refractivity contribution >= 4 is 6.03 Å². The molecule has 0 saturated heterocycles. The van der Waals surface area contributed by atoms with E-state index in [4.69, 9.17) is 5.73 Å². The van der Waals surface area contributed by atoms with Crippen LogP contribution in [-0.4, -0.2) is 48.1 Å². The lowest BCUT2D eigenvalue weighted by atomic mass is 9.75. The summed E-state index contributed by atoms with van der Waals surface area (Å²) in [5.74, 6) is 0.663. The molecule has 0 aromatic carbocycles. The molecule has 1 fully saturated rings. The van der Waals surface area contributed by atoms with Gasteiger partial charge < -0.3 is 15.5 Å². The fraction of sp³-hybridized carbons (Fsp3) is 0.929. The van der Waals surface area contributed by atoms with Gasteiger partial charge in [-0.1, -0.05) is 19.8 Å². The number of amides is 2. The van der Waals surface area contributed by atoms with E-state index in [0.717, 1.165) is 25.9 Å². The molecule has 2 amide bonds. The van der Waals surface area contributed by atoms with E-state index in [1.54, 1.807) is 4.90 Å². The van der Waals surface area contributed by atoms with Crippen LogP contribution in [0.5, 0.6) is 0 Å². The monoisotopic (exact) mass is 255 g/mol. The largest absolute Gasteiger partial charge is 0.328 e. The Morgan fingerprint density at radius 3 is 2.50 bits per heavy atom. The van der Waals surface area contributed by atoms with Gasteiger partial charge in [-0.25, -0.2) is 4.79 Å². The average molecular weight is 255 g/mol. The molecule has 0 spiro atoms.